The minimum absolute atomic E-state index is 0.0761. The van der Waals surface area contributed by atoms with E-state index in [4.69, 9.17) is 0 Å². The van der Waals surface area contributed by atoms with Gasteiger partial charge in [-0.25, -0.2) is 4.98 Å². The number of amides is 2. The van der Waals surface area contributed by atoms with Gasteiger partial charge in [-0.1, -0.05) is 38.0 Å². The number of aryl methyl sites for hydroxylation is 1. The molecule has 0 fully saturated rings. The Morgan fingerprint density at radius 3 is 2.79 bits per heavy atom. The fourth-order valence-electron chi connectivity index (χ4n) is 4.42. The van der Waals surface area contributed by atoms with Crippen LogP contribution in [0.5, 0.6) is 0 Å². The van der Waals surface area contributed by atoms with E-state index in [-0.39, 0.29) is 11.8 Å². The number of para-hydroxylation sites is 1. The summed E-state index contributed by atoms with van der Waals surface area (Å²) in [4.78, 5) is 32.7. The van der Waals surface area contributed by atoms with Crippen molar-refractivity contribution in [3.05, 3.63) is 47.0 Å². The van der Waals surface area contributed by atoms with Crippen molar-refractivity contribution in [3.63, 3.8) is 0 Å². The maximum Gasteiger partial charge on any atom is 0.287 e. The molecule has 0 saturated carbocycles. The number of nitrogens with zero attached hydrogens (tertiary/aromatic N) is 3. The standard InChI is InChI=1S/C23H30N4O2/c1-2-3-7-14-24-22(28)21-25-20(19-13-6-8-15-26(19)21)23(29)27-16-9-11-17-10-4-5-12-18(17)27/h4-5,10,12H,2-3,6-9,11,13-16H2,1H3,(H,24,28). The Labute approximate surface area is 172 Å². The summed E-state index contributed by atoms with van der Waals surface area (Å²) in [5.74, 6) is 0.153. The van der Waals surface area contributed by atoms with E-state index in [2.05, 4.69) is 23.3 Å². The zero-order valence-electron chi connectivity index (χ0n) is 17.2. The molecule has 154 valence electrons. The number of anilines is 1. The van der Waals surface area contributed by atoms with E-state index in [0.29, 0.717) is 24.6 Å². The Morgan fingerprint density at radius 1 is 1.07 bits per heavy atom. The van der Waals surface area contributed by atoms with Crippen LogP contribution in [0, 0.1) is 0 Å². The number of unbranched alkanes of at least 4 members (excludes halogenated alkanes) is 2. The maximum atomic E-state index is 13.5. The third kappa shape index (κ3) is 3.93. The van der Waals surface area contributed by atoms with Crippen LogP contribution in [-0.4, -0.2) is 34.5 Å². The number of hydrogen-bond acceptors (Lipinski definition) is 3. The van der Waals surface area contributed by atoms with Gasteiger partial charge in [0.25, 0.3) is 11.8 Å². The fraction of sp³-hybridized carbons (Fsp3) is 0.522. The molecule has 6 heteroatoms. The molecule has 29 heavy (non-hydrogen) atoms. The number of hydrogen-bond donors (Lipinski definition) is 1. The molecule has 1 aromatic carbocycles. The van der Waals surface area contributed by atoms with Crippen LogP contribution < -0.4 is 10.2 Å². The van der Waals surface area contributed by atoms with Crippen molar-refractivity contribution >= 4 is 17.5 Å². The molecular weight excluding hydrogens is 364 g/mol. The second-order valence-electron chi connectivity index (χ2n) is 7.99. The third-order valence-corrected chi connectivity index (χ3v) is 5.94. The van der Waals surface area contributed by atoms with Gasteiger partial charge >= 0.3 is 0 Å². The molecule has 3 heterocycles. The Kier molecular flexibility index (Phi) is 5.97. The summed E-state index contributed by atoms with van der Waals surface area (Å²) in [7, 11) is 0. The zero-order valence-corrected chi connectivity index (χ0v) is 17.2. The molecule has 0 spiro atoms. The highest BCUT2D eigenvalue weighted by Crippen LogP contribution is 2.30. The molecule has 2 amide bonds. The highest BCUT2D eigenvalue weighted by Gasteiger charge is 2.31. The minimum atomic E-state index is -0.164. The van der Waals surface area contributed by atoms with Gasteiger partial charge in [-0.3, -0.25) is 9.59 Å². The molecule has 1 N–H and O–H groups in total. The van der Waals surface area contributed by atoms with E-state index in [1.807, 2.05) is 27.7 Å². The predicted molar refractivity (Wildman–Crippen MR) is 113 cm³/mol. The average molecular weight is 395 g/mol. The topological polar surface area (TPSA) is 67.2 Å². The first-order chi connectivity index (χ1) is 14.2. The molecule has 0 unspecified atom stereocenters. The molecule has 2 aliphatic heterocycles. The normalized spacial score (nSPS) is 15.6. The lowest BCUT2D eigenvalue weighted by Crippen LogP contribution is -2.36. The number of imidazole rings is 1. The van der Waals surface area contributed by atoms with Gasteiger partial charge in [-0.2, -0.15) is 0 Å². The first kappa shape index (κ1) is 19.7. The molecule has 0 bridgehead atoms. The van der Waals surface area contributed by atoms with Gasteiger partial charge in [-0.15, -0.1) is 0 Å². The predicted octanol–water partition coefficient (Wildman–Crippen LogP) is 3.73. The van der Waals surface area contributed by atoms with E-state index in [0.717, 1.165) is 69.3 Å². The second-order valence-corrected chi connectivity index (χ2v) is 7.99. The van der Waals surface area contributed by atoms with Gasteiger partial charge in [0.2, 0.25) is 0 Å². The summed E-state index contributed by atoms with van der Waals surface area (Å²) in [6, 6.07) is 8.09. The number of carbonyl (C=O) groups is 2. The molecule has 6 nitrogen and oxygen atoms in total. The van der Waals surface area contributed by atoms with Crippen molar-refractivity contribution in [2.75, 3.05) is 18.0 Å². The zero-order chi connectivity index (χ0) is 20.2. The van der Waals surface area contributed by atoms with Crippen LogP contribution in [0.25, 0.3) is 0 Å². The van der Waals surface area contributed by atoms with E-state index >= 15 is 0 Å². The summed E-state index contributed by atoms with van der Waals surface area (Å²) in [5, 5.41) is 2.98. The molecule has 2 aliphatic rings. The molecule has 0 saturated heterocycles. The minimum Gasteiger partial charge on any atom is -0.349 e. The SMILES string of the molecule is CCCCCNC(=O)c1nc(C(=O)N2CCCc3ccccc32)c2n1CCCC2. The van der Waals surface area contributed by atoms with Crippen LogP contribution >= 0.6 is 0 Å². The number of fused-ring (bicyclic) bond motifs is 2. The number of nitrogens with one attached hydrogen (secondary N) is 1. The smallest absolute Gasteiger partial charge is 0.287 e. The van der Waals surface area contributed by atoms with Crippen molar-refractivity contribution in [2.24, 2.45) is 0 Å². The van der Waals surface area contributed by atoms with Crippen LogP contribution in [0.1, 0.15) is 77.8 Å². The Balaban J connectivity index is 1.62. The Hall–Kier alpha value is -2.63. The first-order valence-corrected chi connectivity index (χ1v) is 11.0. The second kappa shape index (κ2) is 8.80. The third-order valence-electron chi connectivity index (χ3n) is 5.94. The van der Waals surface area contributed by atoms with Gasteiger partial charge in [0.1, 0.15) is 0 Å². The van der Waals surface area contributed by atoms with Crippen molar-refractivity contribution < 1.29 is 9.59 Å². The Bertz CT molecular complexity index is 902. The van der Waals surface area contributed by atoms with Gasteiger partial charge < -0.3 is 14.8 Å². The van der Waals surface area contributed by atoms with Crippen LogP contribution in [0.3, 0.4) is 0 Å². The number of benzene rings is 1. The quantitative estimate of drug-likeness (QED) is 0.759. The van der Waals surface area contributed by atoms with E-state index in [1.165, 1.54) is 5.56 Å². The lowest BCUT2D eigenvalue weighted by Gasteiger charge is -2.29. The van der Waals surface area contributed by atoms with Crippen LogP contribution in [0.4, 0.5) is 5.69 Å². The molecule has 4 rings (SSSR count). The van der Waals surface area contributed by atoms with Gasteiger partial charge in [0.15, 0.2) is 11.5 Å². The highest BCUT2D eigenvalue weighted by atomic mass is 16.2. The Morgan fingerprint density at radius 2 is 1.93 bits per heavy atom. The summed E-state index contributed by atoms with van der Waals surface area (Å²) in [5.41, 5.74) is 3.56. The van der Waals surface area contributed by atoms with Crippen molar-refractivity contribution in [1.82, 2.24) is 14.9 Å². The van der Waals surface area contributed by atoms with Gasteiger partial charge in [-0.05, 0) is 50.2 Å². The number of rotatable bonds is 6. The largest absolute Gasteiger partial charge is 0.349 e. The van der Waals surface area contributed by atoms with Crippen LogP contribution in [0.2, 0.25) is 0 Å². The molecule has 0 radical (unpaired) electrons. The monoisotopic (exact) mass is 394 g/mol. The van der Waals surface area contributed by atoms with Crippen molar-refractivity contribution in [3.8, 4) is 0 Å². The molecule has 2 aromatic rings. The molecule has 0 aliphatic carbocycles. The lowest BCUT2D eigenvalue weighted by atomic mass is 10.0. The summed E-state index contributed by atoms with van der Waals surface area (Å²) in [6.07, 6.45) is 7.96. The van der Waals surface area contributed by atoms with Gasteiger partial charge in [0.05, 0.1) is 5.69 Å². The highest BCUT2D eigenvalue weighted by molar-refractivity contribution is 6.07. The molecular formula is C23H30N4O2. The van der Waals surface area contributed by atoms with Gasteiger partial charge in [0, 0.05) is 25.3 Å². The van der Waals surface area contributed by atoms with Crippen LogP contribution in [0.15, 0.2) is 24.3 Å². The average Bonchev–Trinajstić information content (AvgIpc) is 3.15. The first-order valence-electron chi connectivity index (χ1n) is 11.0. The van der Waals surface area contributed by atoms with E-state index in [9.17, 15) is 9.59 Å². The summed E-state index contributed by atoms with van der Waals surface area (Å²) in [6.45, 7) is 4.24. The summed E-state index contributed by atoms with van der Waals surface area (Å²) < 4.78 is 1.97. The fourth-order valence-corrected chi connectivity index (χ4v) is 4.42. The molecule has 1 aromatic heterocycles. The number of aromatic nitrogens is 2. The van der Waals surface area contributed by atoms with E-state index in [1.54, 1.807) is 0 Å². The summed E-state index contributed by atoms with van der Waals surface area (Å²) >= 11 is 0. The maximum absolute atomic E-state index is 13.5. The number of carbonyl (C=O) groups excluding carboxylic acids is 2. The van der Waals surface area contributed by atoms with E-state index < -0.39 is 0 Å². The lowest BCUT2D eigenvalue weighted by molar-refractivity contribution is 0.0937. The van der Waals surface area contributed by atoms with Crippen molar-refractivity contribution in [1.29, 1.82) is 0 Å². The van der Waals surface area contributed by atoms with Crippen molar-refractivity contribution in [2.45, 2.75) is 64.8 Å². The van der Waals surface area contributed by atoms with Crippen LogP contribution in [-0.2, 0) is 19.4 Å². The molecule has 0 atom stereocenters.